The largest absolute Gasteiger partial charge is 0.434 e. The summed E-state index contributed by atoms with van der Waals surface area (Å²) in [5.41, 5.74) is 0.637. The lowest BCUT2D eigenvalue weighted by Crippen LogP contribution is -2.11. The van der Waals surface area contributed by atoms with Crippen LogP contribution >= 0.6 is 11.6 Å². The molecule has 0 fully saturated rings. The molecule has 158 valence electrons. The van der Waals surface area contributed by atoms with Crippen molar-refractivity contribution >= 4 is 27.5 Å². The number of benzene rings is 1. The van der Waals surface area contributed by atoms with Crippen LogP contribution in [-0.4, -0.2) is 29.9 Å². The van der Waals surface area contributed by atoms with Gasteiger partial charge in [0.25, 0.3) is 0 Å². The predicted molar refractivity (Wildman–Crippen MR) is 94.8 cm³/mol. The first kappa shape index (κ1) is 23.1. The zero-order valence-corrected chi connectivity index (χ0v) is 16.4. The fourth-order valence-electron chi connectivity index (χ4n) is 2.32. The Hall–Kier alpha value is -2.23. The molecule has 0 bridgehead atoms. The molecule has 0 aliphatic heterocycles. The highest BCUT2D eigenvalue weighted by atomic mass is 35.5. The van der Waals surface area contributed by atoms with Gasteiger partial charge >= 0.3 is 12.4 Å². The monoisotopic (exact) mass is 458 g/mol. The Bertz CT molecular complexity index is 1090. The Kier molecular flexibility index (Phi) is 6.27. The van der Waals surface area contributed by atoms with E-state index in [1.807, 2.05) is 5.73 Å². The smallest absolute Gasteiger partial charge is 0.327 e. The van der Waals surface area contributed by atoms with Gasteiger partial charge in [-0.3, -0.25) is 0 Å². The topological polar surface area (TPSA) is 52.0 Å². The van der Waals surface area contributed by atoms with E-state index in [0.29, 0.717) is 12.1 Å². The summed E-state index contributed by atoms with van der Waals surface area (Å²) in [4.78, 5) is 3.36. The number of aromatic nitrogens is 2. The van der Waals surface area contributed by atoms with Gasteiger partial charge in [-0.2, -0.15) is 26.3 Å². The van der Waals surface area contributed by atoms with E-state index < -0.39 is 43.4 Å². The molecule has 12 heteroatoms. The summed E-state index contributed by atoms with van der Waals surface area (Å²) >= 11 is 5.08. The van der Waals surface area contributed by atoms with Crippen molar-refractivity contribution < 1.29 is 34.8 Å². The van der Waals surface area contributed by atoms with Crippen LogP contribution in [0.2, 0.25) is 0 Å². The van der Waals surface area contributed by atoms with E-state index in [1.54, 1.807) is 0 Å². The van der Waals surface area contributed by atoms with Crippen molar-refractivity contribution in [2.75, 3.05) is 5.75 Å². The first-order valence-corrected chi connectivity index (χ1v) is 9.87. The molecule has 2 aromatic rings. The highest BCUT2D eigenvalue weighted by molar-refractivity contribution is 7.91. The lowest BCUT2D eigenvalue weighted by molar-refractivity contribution is -0.137. The minimum absolute atomic E-state index is 0.0538. The van der Waals surface area contributed by atoms with Crippen LogP contribution in [0.3, 0.4) is 0 Å². The fourth-order valence-corrected chi connectivity index (χ4v) is 3.49. The first-order valence-electron chi connectivity index (χ1n) is 7.84. The van der Waals surface area contributed by atoms with Gasteiger partial charge < -0.3 is 4.57 Å². The maximum absolute atomic E-state index is 13.0. The number of rotatable bonds is 4. The Morgan fingerprint density at radius 2 is 1.86 bits per heavy atom. The van der Waals surface area contributed by atoms with Gasteiger partial charge in [0.05, 0.1) is 28.1 Å². The second-order valence-corrected chi connectivity index (χ2v) is 8.40. The van der Waals surface area contributed by atoms with Crippen molar-refractivity contribution in [3.8, 4) is 11.4 Å². The molecule has 0 spiro atoms. The van der Waals surface area contributed by atoms with Gasteiger partial charge in [0.2, 0.25) is 0 Å². The fraction of sp³-hybridized carbons (Fsp3) is 0.294. The molecule has 29 heavy (non-hydrogen) atoms. The third kappa shape index (κ3) is 5.04. The van der Waals surface area contributed by atoms with Crippen molar-refractivity contribution in [2.24, 2.45) is 7.05 Å². The first-order chi connectivity index (χ1) is 13.2. The van der Waals surface area contributed by atoms with Crippen molar-refractivity contribution in [1.82, 2.24) is 9.55 Å². The van der Waals surface area contributed by atoms with Crippen molar-refractivity contribution in [3.63, 3.8) is 0 Å². The van der Waals surface area contributed by atoms with Crippen LogP contribution in [0.25, 0.3) is 17.5 Å². The van der Waals surface area contributed by atoms with Gasteiger partial charge in [0.15, 0.2) is 14.9 Å². The normalized spacial score (nSPS) is 12.6. The molecule has 1 heterocycles. The van der Waals surface area contributed by atoms with E-state index >= 15 is 0 Å². The van der Waals surface area contributed by atoms with E-state index in [4.69, 9.17) is 11.6 Å². The van der Waals surface area contributed by atoms with Gasteiger partial charge in [0.1, 0.15) is 5.82 Å². The molecular formula is C17H13ClF6N2O2S. The minimum atomic E-state index is -4.80. The molecule has 0 N–H and O–H groups in total. The summed E-state index contributed by atoms with van der Waals surface area (Å²) in [5.74, 6) is -0.510. The zero-order chi connectivity index (χ0) is 22.2. The van der Waals surface area contributed by atoms with E-state index in [9.17, 15) is 34.8 Å². The van der Waals surface area contributed by atoms with Crippen LogP contribution in [0, 0.1) is 0 Å². The van der Waals surface area contributed by atoms with E-state index in [1.165, 1.54) is 18.5 Å². The number of halogens is 7. The Morgan fingerprint density at radius 1 is 1.24 bits per heavy atom. The van der Waals surface area contributed by atoms with Crippen molar-refractivity contribution in [3.05, 3.63) is 46.4 Å². The highest BCUT2D eigenvalue weighted by Crippen LogP contribution is 2.35. The van der Waals surface area contributed by atoms with Crippen LogP contribution < -0.4 is 0 Å². The molecule has 0 aliphatic rings. The summed E-state index contributed by atoms with van der Waals surface area (Å²) in [7, 11) is -2.71. The molecule has 4 nitrogen and oxygen atoms in total. The molecule has 0 aliphatic carbocycles. The summed E-state index contributed by atoms with van der Waals surface area (Å²) in [6.45, 7) is 1.27. The van der Waals surface area contributed by atoms with Crippen LogP contribution in [0.4, 0.5) is 26.3 Å². The summed E-state index contributed by atoms with van der Waals surface area (Å²) in [5, 5.41) is -1.51. The van der Waals surface area contributed by atoms with Crippen LogP contribution in [0.15, 0.2) is 40.1 Å². The molecule has 1 aromatic carbocycles. The molecule has 2 rings (SSSR count). The SMILES string of the molecule is CCS(=O)(=O)c1cc(C(F)(F)F)ccc1-c1ncc(C=C=C(Cl)C(F)(F)F)n1C. The Labute approximate surface area is 167 Å². The number of imidazole rings is 1. The zero-order valence-electron chi connectivity index (χ0n) is 14.9. The average molecular weight is 459 g/mol. The standard InChI is InChI=1S/C17H13ClF6N2O2S/c1-3-29(27,28)13-8-10(16(19,20)21)4-6-12(13)15-25-9-11(26(15)2)5-7-14(18)17(22,23)24/h4-6,8-9H,3H2,1-2H3. The Balaban J connectivity index is 2.68. The van der Waals surface area contributed by atoms with E-state index in [0.717, 1.165) is 18.3 Å². The van der Waals surface area contributed by atoms with E-state index in [2.05, 4.69) is 4.98 Å². The molecule has 0 radical (unpaired) electrons. The summed E-state index contributed by atoms with van der Waals surface area (Å²) < 4.78 is 102. The maximum Gasteiger partial charge on any atom is 0.434 e. The van der Waals surface area contributed by atoms with E-state index in [-0.39, 0.29) is 17.1 Å². The van der Waals surface area contributed by atoms with Crippen LogP contribution in [0.5, 0.6) is 0 Å². The van der Waals surface area contributed by atoms with Crippen LogP contribution in [0.1, 0.15) is 18.2 Å². The molecule has 0 saturated carbocycles. The van der Waals surface area contributed by atoms with Gasteiger partial charge in [-0.15, -0.1) is 0 Å². The number of allylic oxidation sites excluding steroid dienone is 1. The molecule has 0 unspecified atom stereocenters. The summed E-state index contributed by atoms with van der Waals surface area (Å²) in [6, 6.07) is 2.17. The second-order valence-electron chi connectivity index (χ2n) is 5.78. The molecular weight excluding hydrogens is 446 g/mol. The minimum Gasteiger partial charge on any atom is -0.327 e. The van der Waals surface area contributed by atoms with Gasteiger partial charge in [-0.05, 0) is 18.2 Å². The molecule has 0 amide bonds. The quantitative estimate of drug-likeness (QED) is 0.467. The van der Waals surface area contributed by atoms with Gasteiger partial charge in [-0.25, -0.2) is 13.4 Å². The van der Waals surface area contributed by atoms with Crippen LogP contribution in [-0.2, 0) is 23.1 Å². The second kappa shape index (κ2) is 7.89. The number of sulfone groups is 1. The van der Waals surface area contributed by atoms with Crippen molar-refractivity contribution in [1.29, 1.82) is 0 Å². The average Bonchev–Trinajstić information content (AvgIpc) is 2.98. The third-order valence-electron chi connectivity index (χ3n) is 3.88. The lowest BCUT2D eigenvalue weighted by Gasteiger charge is -2.13. The van der Waals surface area contributed by atoms with Gasteiger partial charge in [-0.1, -0.05) is 24.3 Å². The van der Waals surface area contributed by atoms with Gasteiger partial charge in [0, 0.05) is 18.7 Å². The maximum atomic E-state index is 13.0. The summed E-state index contributed by atoms with van der Waals surface area (Å²) in [6.07, 6.45) is -7.56. The third-order valence-corrected chi connectivity index (χ3v) is 5.98. The predicted octanol–water partition coefficient (Wildman–Crippen LogP) is 5.20. The number of nitrogens with zero attached hydrogens (tertiary/aromatic N) is 2. The molecule has 0 saturated heterocycles. The number of alkyl halides is 6. The van der Waals surface area contributed by atoms with Crippen molar-refractivity contribution in [2.45, 2.75) is 24.2 Å². The molecule has 0 atom stereocenters. The number of hydrogen-bond donors (Lipinski definition) is 0. The Morgan fingerprint density at radius 3 is 2.38 bits per heavy atom. The highest BCUT2D eigenvalue weighted by Gasteiger charge is 2.34. The lowest BCUT2D eigenvalue weighted by atomic mass is 10.1. The molecule has 1 aromatic heterocycles. The number of hydrogen-bond acceptors (Lipinski definition) is 3.